The summed E-state index contributed by atoms with van der Waals surface area (Å²) in [5.74, 6) is -0.172. The zero-order valence-corrected chi connectivity index (χ0v) is 11.5. The molecule has 1 aliphatic carbocycles. The number of nitrogens with zero attached hydrogens (tertiary/aromatic N) is 1. The highest BCUT2D eigenvalue weighted by atomic mass is 35.5. The van der Waals surface area contributed by atoms with E-state index in [1.807, 2.05) is 30.1 Å². The molecule has 1 heterocycles. The molecule has 2 rings (SSSR count). The second kappa shape index (κ2) is 5.19. The molecular formula is C14H18ClNO2. The average Bonchev–Trinajstić information content (AvgIpc) is 3.11. The fourth-order valence-electron chi connectivity index (χ4n) is 2.22. The second-order valence-corrected chi connectivity index (χ2v) is 4.86. The minimum absolute atomic E-state index is 0.172. The van der Waals surface area contributed by atoms with Gasteiger partial charge in [-0.05, 0) is 38.3 Å². The average molecular weight is 268 g/mol. The number of ether oxygens (including phenoxy) is 1. The van der Waals surface area contributed by atoms with Gasteiger partial charge in [0.2, 0.25) is 0 Å². The van der Waals surface area contributed by atoms with Gasteiger partial charge < -0.3 is 9.64 Å². The predicted octanol–water partition coefficient (Wildman–Crippen LogP) is 3.33. The number of carbonyl (C=O) groups is 1. The molecule has 3 nitrogen and oxygen atoms in total. The Hall–Kier alpha value is -1.22. The van der Waals surface area contributed by atoms with Crippen molar-refractivity contribution in [3.8, 4) is 0 Å². The first-order chi connectivity index (χ1) is 8.65. The first-order valence-corrected chi connectivity index (χ1v) is 6.75. The van der Waals surface area contributed by atoms with Crippen LogP contribution in [0.2, 0.25) is 0 Å². The minimum atomic E-state index is -0.574. The first kappa shape index (κ1) is 13.2. The van der Waals surface area contributed by atoms with Crippen LogP contribution < -0.4 is 0 Å². The molecule has 18 heavy (non-hydrogen) atoms. The third-order valence-electron chi connectivity index (χ3n) is 3.19. The lowest BCUT2D eigenvalue weighted by Gasteiger charge is -2.34. The maximum Gasteiger partial charge on any atom is 0.332 e. The molecule has 0 spiro atoms. The van der Waals surface area contributed by atoms with E-state index in [0.29, 0.717) is 11.8 Å². The molecule has 1 fully saturated rings. The fraction of sp³-hybridized carbons (Fsp3) is 0.500. The normalized spacial score (nSPS) is 22.9. The lowest BCUT2D eigenvalue weighted by Crippen LogP contribution is -2.42. The number of hydrogen-bond donors (Lipinski definition) is 0. The predicted molar refractivity (Wildman–Crippen MR) is 71.9 cm³/mol. The molecule has 0 atom stereocenters. The Morgan fingerprint density at radius 2 is 2.28 bits per heavy atom. The van der Waals surface area contributed by atoms with Gasteiger partial charge in [0, 0.05) is 5.70 Å². The van der Waals surface area contributed by atoms with Gasteiger partial charge in [-0.15, -0.1) is 0 Å². The zero-order chi connectivity index (χ0) is 13.2. The van der Waals surface area contributed by atoms with E-state index >= 15 is 0 Å². The van der Waals surface area contributed by atoms with Crippen LogP contribution in [-0.4, -0.2) is 23.0 Å². The minimum Gasteiger partial charge on any atom is -0.464 e. The number of esters is 1. The van der Waals surface area contributed by atoms with Gasteiger partial charge in [-0.1, -0.05) is 30.7 Å². The van der Waals surface area contributed by atoms with E-state index in [9.17, 15) is 4.79 Å². The van der Waals surface area contributed by atoms with Crippen molar-refractivity contribution in [2.75, 3.05) is 6.61 Å². The summed E-state index contributed by atoms with van der Waals surface area (Å²) in [5, 5.41) is 0.586. The molecular weight excluding hydrogens is 250 g/mol. The van der Waals surface area contributed by atoms with Crippen molar-refractivity contribution in [3.05, 3.63) is 35.2 Å². The number of allylic oxidation sites excluding steroid dienone is 4. The van der Waals surface area contributed by atoms with Crippen LogP contribution >= 0.6 is 11.6 Å². The van der Waals surface area contributed by atoms with E-state index in [2.05, 4.69) is 13.0 Å². The Bertz CT molecular complexity index is 433. The molecule has 0 saturated heterocycles. The van der Waals surface area contributed by atoms with Crippen molar-refractivity contribution in [1.82, 2.24) is 4.90 Å². The summed E-state index contributed by atoms with van der Waals surface area (Å²) in [6, 6.07) is 0. The van der Waals surface area contributed by atoms with Crippen LogP contribution in [0.4, 0.5) is 0 Å². The monoisotopic (exact) mass is 267 g/mol. The van der Waals surface area contributed by atoms with Crippen LogP contribution in [0.1, 0.15) is 33.1 Å². The summed E-state index contributed by atoms with van der Waals surface area (Å²) in [6.45, 7) is 4.29. The molecule has 2 aliphatic rings. The Balaban J connectivity index is 2.30. The smallest absolute Gasteiger partial charge is 0.332 e. The number of carbonyl (C=O) groups excluding carboxylic acids is 1. The van der Waals surface area contributed by atoms with E-state index < -0.39 is 5.54 Å². The highest BCUT2D eigenvalue weighted by Crippen LogP contribution is 2.48. The molecule has 0 aromatic rings. The van der Waals surface area contributed by atoms with Crippen LogP contribution in [0.3, 0.4) is 0 Å². The Labute approximate surface area is 113 Å². The van der Waals surface area contributed by atoms with Gasteiger partial charge in [-0.2, -0.15) is 0 Å². The number of hydrogen-bond acceptors (Lipinski definition) is 3. The standard InChI is InChI=1S/C14H18ClNO2/c1-3-6-11-7-5-8-12(15)16(11)14(9-10-14)13(17)18-4-2/h5-8H,3-4,9-10H2,1-2H3/b11-6+. The van der Waals surface area contributed by atoms with Crippen molar-refractivity contribution in [2.24, 2.45) is 0 Å². The quantitative estimate of drug-likeness (QED) is 0.578. The summed E-state index contributed by atoms with van der Waals surface area (Å²) in [4.78, 5) is 14.0. The van der Waals surface area contributed by atoms with Crippen molar-refractivity contribution < 1.29 is 9.53 Å². The first-order valence-electron chi connectivity index (χ1n) is 6.37. The molecule has 0 radical (unpaired) electrons. The van der Waals surface area contributed by atoms with Crippen LogP contribution in [0.25, 0.3) is 0 Å². The Morgan fingerprint density at radius 1 is 1.56 bits per heavy atom. The number of halogens is 1. The van der Waals surface area contributed by atoms with Gasteiger partial charge in [-0.3, -0.25) is 0 Å². The van der Waals surface area contributed by atoms with Crippen molar-refractivity contribution >= 4 is 17.6 Å². The zero-order valence-electron chi connectivity index (χ0n) is 10.8. The van der Waals surface area contributed by atoms with Crippen molar-refractivity contribution in [2.45, 2.75) is 38.6 Å². The topological polar surface area (TPSA) is 29.5 Å². The van der Waals surface area contributed by atoms with Crippen LogP contribution in [0.15, 0.2) is 35.2 Å². The third-order valence-corrected chi connectivity index (χ3v) is 3.49. The van der Waals surface area contributed by atoms with Gasteiger partial charge in [0.05, 0.1) is 6.61 Å². The molecule has 1 saturated carbocycles. The maximum absolute atomic E-state index is 12.1. The molecule has 0 amide bonds. The van der Waals surface area contributed by atoms with Crippen LogP contribution in [0, 0.1) is 0 Å². The van der Waals surface area contributed by atoms with Gasteiger partial charge in [0.25, 0.3) is 0 Å². The van der Waals surface area contributed by atoms with Crippen molar-refractivity contribution in [3.63, 3.8) is 0 Å². The molecule has 1 aliphatic heterocycles. The molecule has 98 valence electrons. The van der Waals surface area contributed by atoms with Gasteiger partial charge in [-0.25, -0.2) is 4.79 Å². The summed E-state index contributed by atoms with van der Waals surface area (Å²) in [7, 11) is 0. The van der Waals surface area contributed by atoms with E-state index in [0.717, 1.165) is 25.0 Å². The SMILES string of the molecule is CC/C=C1\C=CC=C(Cl)N1C1(C(=O)OCC)CC1. The molecule has 0 N–H and O–H groups in total. The summed E-state index contributed by atoms with van der Waals surface area (Å²) in [6.07, 6.45) is 10.3. The van der Waals surface area contributed by atoms with E-state index in [4.69, 9.17) is 16.3 Å². The van der Waals surface area contributed by atoms with E-state index in [1.54, 1.807) is 0 Å². The van der Waals surface area contributed by atoms with E-state index in [-0.39, 0.29) is 5.97 Å². The molecule has 0 aromatic heterocycles. The van der Waals surface area contributed by atoms with Gasteiger partial charge >= 0.3 is 5.97 Å². The third kappa shape index (κ3) is 2.19. The second-order valence-electron chi connectivity index (χ2n) is 4.47. The van der Waals surface area contributed by atoms with E-state index in [1.165, 1.54) is 0 Å². The van der Waals surface area contributed by atoms with Crippen LogP contribution in [-0.2, 0) is 9.53 Å². The lowest BCUT2D eigenvalue weighted by atomic mass is 10.1. The molecule has 0 unspecified atom stereocenters. The highest BCUT2D eigenvalue weighted by molar-refractivity contribution is 6.29. The summed E-state index contributed by atoms with van der Waals surface area (Å²) < 4.78 is 5.18. The summed E-state index contributed by atoms with van der Waals surface area (Å²) in [5.41, 5.74) is 0.408. The van der Waals surface area contributed by atoms with Gasteiger partial charge in [0.1, 0.15) is 10.7 Å². The lowest BCUT2D eigenvalue weighted by molar-refractivity contribution is -0.149. The van der Waals surface area contributed by atoms with Gasteiger partial charge in [0.15, 0.2) is 0 Å². The maximum atomic E-state index is 12.1. The number of rotatable bonds is 4. The Kier molecular flexibility index (Phi) is 3.81. The fourth-order valence-corrected chi connectivity index (χ4v) is 2.55. The Morgan fingerprint density at radius 3 is 2.83 bits per heavy atom. The summed E-state index contributed by atoms with van der Waals surface area (Å²) >= 11 is 6.27. The molecule has 4 heteroatoms. The van der Waals surface area contributed by atoms with Crippen LogP contribution in [0.5, 0.6) is 0 Å². The highest BCUT2D eigenvalue weighted by Gasteiger charge is 2.57. The molecule has 0 bridgehead atoms. The molecule has 0 aromatic carbocycles. The largest absolute Gasteiger partial charge is 0.464 e. The van der Waals surface area contributed by atoms with Crippen molar-refractivity contribution in [1.29, 1.82) is 0 Å².